The van der Waals surface area contributed by atoms with Crippen LogP contribution in [0.5, 0.6) is 0 Å². The van der Waals surface area contributed by atoms with Crippen LogP contribution in [0.3, 0.4) is 0 Å². The third-order valence-electron chi connectivity index (χ3n) is 3.20. The molecule has 2 aromatic rings. The number of carbonyl (C=O) groups excluding carboxylic acids is 1. The van der Waals surface area contributed by atoms with Gasteiger partial charge in [-0.1, -0.05) is 30.7 Å². The first-order chi connectivity index (χ1) is 10.3. The molecular weight excluding hydrogens is 342 g/mol. The average Bonchev–Trinajstić information content (AvgIpc) is 2.91. The van der Waals surface area contributed by atoms with Crippen LogP contribution < -0.4 is 0 Å². The van der Waals surface area contributed by atoms with Crippen molar-refractivity contribution in [3.8, 4) is 0 Å². The van der Waals surface area contributed by atoms with Gasteiger partial charge in [0.25, 0.3) is 5.91 Å². The first-order valence-electron chi connectivity index (χ1n) is 6.66. The Bertz CT molecular complexity index is 784. The third kappa shape index (κ3) is 3.69. The van der Waals surface area contributed by atoms with E-state index in [2.05, 4.69) is 0 Å². The van der Waals surface area contributed by atoms with Crippen LogP contribution in [0.15, 0.2) is 41.3 Å². The van der Waals surface area contributed by atoms with Gasteiger partial charge in [0.1, 0.15) is 0 Å². The molecule has 0 atom stereocenters. The van der Waals surface area contributed by atoms with Crippen molar-refractivity contribution in [3.63, 3.8) is 0 Å². The van der Waals surface area contributed by atoms with Crippen LogP contribution >= 0.6 is 22.9 Å². The lowest BCUT2D eigenvalue weighted by Crippen LogP contribution is -2.27. The molecule has 0 spiro atoms. The van der Waals surface area contributed by atoms with Crippen LogP contribution in [0.2, 0.25) is 4.34 Å². The first kappa shape index (κ1) is 17.0. The van der Waals surface area contributed by atoms with E-state index in [1.54, 1.807) is 38.2 Å². The molecule has 0 aliphatic heterocycles. The second-order valence-corrected chi connectivity index (χ2v) is 8.81. The number of nitrogens with zero attached hydrogens (tertiary/aromatic N) is 1. The summed E-state index contributed by atoms with van der Waals surface area (Å²) in [6.45, 7) is 1.95. The van der Waals surface area contributed by atoms with Crippen molar-refractivity contribution in [1.82, 2.24) is 4.90 Å². The SMILES string of the molecule is CCS(=O)(=O)c1ccccc1C(=O)N(C)Cc1ccc(Cl)s1. The lowest BCUT2D eigenvalue weighted by molar-refractivity contribution is 0.0782. The first-order valence-corrected chi connectivity index (χ1v) is 9.51. The van der Waals surface area contributed by atoms with Crippen molar-refractivity contribution >= 4 is 38.7 Å². The van der Waals surface area contributed by atoms with E-state index in [0.29, 0.717) is 10.9 Å². The smallest absolute Gasteiger partial charge is 0.255 e. The van der Waals surface area contributed by atoms with Crippen molar-refractivity contribution in [2.45, 2.75) is 18.4 Å². The molecule has 118 valence electrons. The fourth-order valence-corrected chi connectivity index (χ4v) is 4.25. The topological polar surface area (TPSA) is 54.5 Å². The summed E-state index contributed by atoms with van der Waals surface area (Å²) in [5.74, 6) is -0.362. The van der Waals surface area contributed by atoms with Crippen molar-refractivity contribution in [1.29, 1.82) is 0 Å². The van der Waals surface area contributed by atoms with E-state index in [0.717, 1.165) is 4.88 Å². The lowest BCUT2D eigenvalue weighted by atomic mass is 10.2. The highest BCUT2D eigenvalue weighted by atomic mass is 35.5. The number of carbonyl (C=O) groups is 1. The van der Waals surface area contributed by atoms with Crippen LogP contribution in [-0.2, 0) is 16.4 Å². The number of halogens is 1. The number of hydrogen-bond donors (Lipinski definition) is 0. The molecule has 0 bridgehead atoms. The zero-order valence-corrected chi connectivity index (χ0v) is 14.6. The molecule has 0 unspecified atom stereocenters. The Balaban J connectivity index is 2.30. The normalized spacial score (nSPS) is 11.4. The summed E-state index contributed by atoms with van der Waals surface area (Å²) >= 11 is 7.28. The van der Waals surface area contributed by atoms with E-state index in [9.17, 15) is 13.2 Å². The van der Waals surface area contributed by atoms with E-state index < -0.39 is 9.84 Å². The van der Waals surface area contributed by atoms with Crippen molar-refractivity contribution < 1.29 is 13.2 Å². The summed E-state index contributed by atoms with van der Waals surface area (Å²) in [5, 5.41) is 0. The minimum Gasteiger partial charge on any atom is -0.337 e. The van der Waals surface area contributed by atoms with Crippen LogP contribution in [0.25, 0.3) is 0 Å². The maximum absolute atomic E-state index is 12.6. The molecule has 0 saturated carbocycles. The summed E-state index contributed by atoms with van der Waals surface area (Å²) in [6, 6.07) is 9.93. The molecule has 1 amide bonds. The Kier molecular flexibility index (Phi) is 5.26. The van der Waals surface area contributed by atoms with Crippen molar-refractivity contribution in [2.75, 3.05) is 12.8 Å². The van der Waals surface area contributed by atoms with Crippen molar-refractivity contribution in [3.05, 3.63) is 51.2 Å². The summed E-state index contributed by atoms with van der Waals surface area (Å²) in [6.07, 6.45) is 0. The fourth-order valence-electron chi connectivity index (χ4n) is 2.02. The number of sulfone groups is 1. The standard InChI is InChI=1S/C15H16ClNO3S2/c1-3-22(19,20)13-7-5-4-6-12(13)15(18)17(2)10-11-8-9-14(16)21-11/h4-9H,3,10H2,1-2H3. The predicted molar refractivity (Wildman–Crippen MR) is 89.3 cm³/mol. The van der Waals surface area contributed by atoms with Gasteiger partial charge in [0.2, 0.25) is 0 Å². The average molecular weight is 358 g/mol. The Morgan fingerprint density at radius 2 is 1.91 bits per heavy atom. The summed E-state index contributed by atoms with van der Waals surface area (Å²) in [5.41, 5.74) is 0.203. The Morgan fingerprint density at radius 1 is 1.23 bits per heavy atom. The quantitative estimate of drug-likeness (QED) is 0.823. The van der Waals surface area contributed by atoms with Gasteiger partial charge in [-0.15, -0.1) is 11.3 Å². The minimum atomic E-state index is -3.44. The van der Waals surface area contributed by atoms with Gasteiger partial charge in [0.05, 0.1) is 27.1 Å². The highest BCUT2D eigenvalue weighted by molar-refractivity contribution is 7.91. The molecule has 22 heavy (non-hydrogen) atoms. The van der Waals surface area contributed by atoms with Crippen LogP contribution in [0.1, 0.15) is 22.2 Å². The highest BCUT2D eigenvalue weighted by Gasteiger charge is 2.22. The molecule has 0 fully saturated rings. The molecule has 4 nitrogen and oxygen atoms in total. The molecule has 1 aromatic heterocycles. The van der Waals surface area contributed by atoms with Gasteiger partial charge in [0, 0.05) is 11.9 Å². The summed E-state index contributed by atoms with van der Waals surface area (Å²) in [7, 11) is -1.80. The molecule has 0 saturated heterocycles. The van der Waals surface area contributed by atoms with E-state index in [4.69, 9.17) is 11.6 Å². The Hall–Kier alpha value is -1.37. The van der Waals surface area contributed by atoms with Gasteiger partial charge in [-0.3, -0.25) is 4.79 Å². The molecule has 7 heteroatoms. The number of thiophene rings is 1. The van der Waals surface area contributed by atoms with Gasteiger partial charge in [0.15, 0.2) is 9.84 Å². The van der Waals surface area contributed by atoms with E-state index in [-0.39, 0.29) is 22.1 Å². The fraction of sp³-hybridized carbons (Fsp3) is 0.267. The molecule has 0 aliphatic carbocycles. The molecule has 2 rings (SSSR count). The Morgan fingerprint density at radius 3 is 2.50 bits per heavy atom. The molecule has 1 heterocycles. The number of rotatable bonds is 5. The van der Waals surface area contributed by atoms with Gasteiger partial charge < -0.3 is 4.90 Å². The van der Waals surface area contributed by atoms with E-state index in [1.807, 2.05) is 6.07 Å². The number of hydrogen-bond acceptors (Lipinski definition) is 4. The number of benzene rings is 1. The van der Waals surface area contributed by atoms with Gasteiger partial charge in [-0.2, -0.15) is 0 Å². The molecule has 0 aliphatic rings. The predicted octanol–water partition coefficient (Wildman–Crippen LogP) is 3.47. The monoisotopic (exact) mass is 357 g/mol. The van der Waals surface area contributed by atoms with Crippen LogP contribution in [-0.4, -0.2) is 32.0 Å². The van der Waals surface area contributed by atoms with Gasteiger partial charge in [-0.05, 0) is 24.3 Å². The van der Waals surface area contributed by atoms with E-state index >= 15 is 0 Å². The third-order valence-corrected chi connectivity index (χ3v) is 6.20. The van der Waals surface area contributed by atoms with Gasteiger partial charge >= 0.3 is 0 Å². The van der Waals surface area contributed by atoms with E-state index in [1.165, 1.54) is 22.3 Å². The zero-order chi connectivity index (χ0) is 16.3. The second-order valence-electron chi connectivity index (χ2n) is 4.77. The second kappa shape index (κ2) is 6.81. The molecule has 1 aromatic carbocycles. The molecule has 0 N–H and O–H groups in total. The maximum Gasteiger partial charge on any atom is 0.255 e. The lowest BCUT2D eigenvalue weighted by Gasteiger charge is -2.18. The van der Waals surface area contributed by atoms with Gasteiger partial charge in [-0.25, -0.2) is 8.42 Å². The van der Waals surface area contributed by atoms with Crippen molar-refractivity contribution in [2.24, 2.45) is 0 Å². The maximum atomic E-state index is 12.6. The largest absolute Gasteiger partial charge is 0.337 e. The summed E-state index contributed by atoms with van der Waals surface area (Å²) in [4.78, 5) is 15.1. The zero-order valence-electron chi connectivity index (χ0n) is 12.2. The number of amides is 1. The minimum absolute atomic E-state index is 0.0401. The highest BCUT2D eigenvalue weighted by Crippen LogP contribution is 2.24. The summed E-state index contributed by atoms with van der Waals surface area (Å²) < 4.78 is 24.9. The molecule has 0 radical (unpaired) electrons. The molecular formula is C15H16ClNO3S2. The Labute approximate surface area is 139 Å². The van der Waals surface area contributed by atoms with Crippen LogP contribution in [0.4, 0.5) is 0 Å². The van der Waals surface area contributed by atoms with Crippen LogP contribution in [0, 0.1) is 0 Å².